The fourth-order valence-corrected chi connectivity index (χ4v) is 2.44. The van der Waals surface area contributed by atoms with Crippen LogP contribution in [0, 0.1) is 40.4 Å². The average Bonchev–Trinajstić information content (AvgIpc) is 2.72. The van der Waals surface area contributed by atoms with Gasteiger partial charge in [0.15, 0.2) is 6.40 Å². The van der Waals surface area contributed by atoms with Crippen LogP contribution in [0.1, 0.15) is 34.7 Å². The van der Waals surface area contributed by atoms with Crippen molar-refractivity contribution in [3.63, 3.8) is 0 Å². The SMILES string of the molecule is Cc1c(NCC(C)O)ccc(C#N)c1C(F)(F)F.N#Cc1ccc(C(=N)OC=N)cc1. The summed E-state index contributed by atoms with van der Waals surface area (Å²) >= 11 is 0. The van der Waals surface area contributed by atoms with Gasteiger partial charge in [-0.05, 0) is 55.8 Å². The highest BCUT2D eigenvalue weighted by molar-refractivity contribution is 5.95. The Morgan fingerprint density at radius 2 is 1.81 bits per heavy atom. The number of benzene rings is 2. The minimum atomic E-state index is -4.57. The van der Waals surface area contributed by atoms with Gasteiger partial charge in [0.1, 0.15) is 0 Å². The molecule has 0 heterocycles. The van der Waals surface area contributed by atoms with Gasteiger partial charge in [0.2, 0.25) is 5.90 Å². The molecule has 162 valence electrons. The molecule has 0 radical (unpaired) electrons. The molecule has 2 aromatic rings. The predicted molar refractivity (Wildman–Crippen MR) is 109 cm³/mol. The lowest BCUT2D eigenvalue weighted by Crippen LogP contribution is -2.18. The van der Waals surface area contributed by atoms with Crippen molar-refractivity contribution in [3.05, 3.63) is 64.2 Å². The molecule has 0 aliphatic rings. The quantitative estimate of drug-likeness (QED) is 0.416. The van der Waals surface area contributed by atoms with Crippen molar-refractivity contribution in [1.29, 1.82) is 21.3 Å². The van der Waals surface area contributed by atoms with Gasteiger partial charge in [-0.25, -0.2) is 0 Å². The van der Waals surface area contributed by atoms with Crippen LogP contribution in [0.5, 0.6) is 0 Å². The van der Waals surface area contributed by atoms with Gasteiger partial charge in [-0.15, -0.1) is 0 Å². The summed E-state index contributed by atoms with van der Waals surface area (Å²) in [6.45, 7) is 2.97. The highest BCUT2D eigenvalue weighted by atomic mass is 19.4. The number of anilines is 1. The zero-order valence-electron chi connectivity index (χ0n) is 16.7. The van der Waals surface area contributed by atoms with Gasteiger partial charge in [0, 0.05) is 17.8 Å². The molecule has 2 rings (SSSR count). The number of nitrogens with one attached hydrogen (secondary N) is 3. The monoisotopic (exact) mass is 431 g/mol. The summed E-state index contributed by atoms with van der Waals surface area (Å²) in [6.07, 6.45) is -4.55. The molecule has 0 saturated carbocycles. The Balaban J connectivity index is 0.000000327. The summed E-state index contributed by atoms with van der Waals surface area (Å²) in [4.78, 5) is 0. The lowest BCUT2D eigenvalue weighted by molar-refractivity contribution is -0.138. The van der Waals surface area contributed by atoms with E-state index in [1.807, 2.05) is 6.07 Å². The summed E-state index contributed by atoms with van der Waals surface area (Å²) in [7, 11) is 0. The summed E-state index contributed by atoms with van der Waals surface area (Å²) < 4.78 is 43.1. The van der Waals surface area contributed by atoms with Crippen molar-refractivity contribution in [2.24, 2.45) is 0 Å². The smallest absolute Gasteiger partial charge is 0.418 e. The third kappa shape index (κ3) is 7.46. The maximum Gasteiger partial charge on any atom is 0.418 e. The van der Waals surface area contributed by atoms with Gasteiger partial charge >= 0.3 is 6.18 Å². The van der Waals surface area contributed by atoms with Crippen LogP contribution in [0.4, 0.5) is 18.9 Å². The fourth-order valence-electron chi connectivity index (χ4n) is 2.44. The Kier molecular flexibility index (Phi) is 9.19. The Morgan fingerprint density at radius 1 is 1.19 bits per heavy atom. The minimum Gasteiger partial charge on any atom is -0.428 e. The Morgan fingerprint density at radius 3 is 2.26 bits per heavy atom. The molecular weight excluding hydrogens is 411 g/mol. The average molecular weight is 431 g/mol. The summed E-state index contributed by atoms with van der Waals surface area (Å²) in [5.74, 6) is -0.0977. The van der Waals surface area contributed by atoms with E-state index in [4.69, 9.17) is 26.4 Å². The number of halogens is 3. The molecule has 0 fully saturated rings. The van der Waals surface area contributed by atoms with Gasteiger partial charge in [0.05, 0.1) is 34.9 Å². The minimum absolute atomic E-state index is 0.0396. The highest BCUT2D eigenvalue weighted by Gasteiger charge is 2.36. The van der Waals surface area contributed by atoms with Crippen LogP contribution in [0.25, 0.3) is 0 Å². The van der Waals surface area contributed by atoms with E-state index < -0.39 is 23.4 Å². The molecule has 2 aromatic carbocycles. The van der Waals surface area contributed by atoms with Crippen LogP contribution in [0.2, 0.25) is 0 Å². The van der Waals surface area contributed by atoms with Gasteiger partial charge in [-0.1, -0.05) is 0 Å². The van der Waals surface area contributed by atoms with Crippen LogP contribution >= 0.6 is 0 Å². The lowest BCUT2D eigenvalue weighted by Gasteiger charge is -2.17. The summed E-state index contributed by atoms with van der Waals surface area (Å²) in [6, 6.07) is 12.4. The van der Waals surface area contributed by atoms with E-state index in [0.717, 1.165) is 6.07 Å². The molecule has 31 heavy (non-hydrogen) atoms. The first-order valence-electron chi connectivity index (χ1n) is 8.82. The molecule has 0 amide bonds. The Bertz CT molecular complexity index is 1000. The third-order valence-electron chi connectivity index (χ3n) is 3.91. The highest BCUT2D eigenvalue weighted by Crippen LogP contribution is 2.37. The summed E-state index contributed by atoms with van der Waals surface area (Å²) in [5, 5.41) is 42.9. The maximum absolute atomic E-state index is 12.8. The van der Waals surface area contributed by atoms with E-state index in [2.05, 4.69) is 10.1 Å². The second-order valence-electron chi connectivity index (χ2n) is 6.25. The standard InChI is InChI=1S/C12H13F3N2O.C9H7N3O/c1-7(18)6-17-10-4-3-9(5-16)11(8(10)2)12(13,14)15;10-5-7-1-3-8(4-2-7)9(12)13-6-11/h3-4,7,17-18H,6H2,1-2H3;1-4,6,11-12H. The molecule has 0 saturated heterocycles. The van der Waals surface area contributed by atoms with E-state index in [1.165, 1.54) is 26.0 Å². The molecule has 0 aliphatic heterocycles. The number of nitrogens with zero attached hydrogens (tertiary/aromatic N) is 2. The normalized spacial score (nSPS) is 11.1. The van der Waals surface area contributed by atoms with Gasteiger partial charge < -0.3 is 15.2 Å². The van der Waals surface area contributed by atoms with Crippen LogP contribution in [-0.2, 0) is 10.9 Å². The molecule has 0 bridgehead atoms. The van der Waals surface area contributed by atoms with Crippen LogP contribution < -0.4 is 5.32 Å². The van der Waals surface area contributed by atoms with Crippen molar-refractivity contribution in [2.75, 3.05) is 11.9 Å². The van der Waals surface area contributed by atoms with Gasteiger partial charge in [-0.3, -0.25) is 10.8 Å². The molecule has 10 heteroatoms. The van der Waals surface area contributed by atoms with E-state index >= 15 is 0 Å². The van der Waals surface area contributed by atoms with Gasteiger partial charge in [0.25, 0.3) is 0 Å². The second kappa shape index (κ2) is 11.3. The van der Waals surface area contributed by atoms with E-state index in [-0.39, 0.29) is 23.7 Å². The number of rotatable bonds is 5. The predicted octanol–water partition coefficient (Wildman–Crippen LogP) is 4.19. The van der Waals surface area contributed by atoms with Crippen molar-refractivity contribution < 1.29 is 23.0 Å². The number of hydrogen-bond donors (Lipinski definition) is 4. The molecular formula is C21H20F3N5O2. The van der Waals surface area contributed by atoms with Crippen LogP contribution in [0.3, 0.4) is 0 Å². The van der Waals surface area contributed by atoms with Crippen molar-refractivity contribution in [3.8, 4) is 12.1 Å². The van der Waals surface area contributed by atoms with Crippen LogP contribution in [0.15, 0.2) is 36.4 Å². The number of aliphatic hydroxyl groups is 1. The number of hydrogen-bond acceptors (Lipinski definition) is 7. The van der Waals surface area contributed by atoms with E-state index in [0.29, 0.717) is 17.5 Å². The molecule has 4 N–H and O–H groups in total. The Labute approximate surface area is 177 Å². The van der Waals surface area contributed by atoms with Crippen molar-refractivity contribution in [1.82, 2.24) is 0 Å². The second-order valence-corrected chi connectivity index (χ2v) is 6.25. The lowest BCUT2D eigenvalue weighted by atomic mass is 10.00. The van der Waals surface area contributed by atoms with E-state index in [1.54, 1.807) is 24.3 Å². The number of alkyl halides is 3. The number of ether oxygens (including phenoxy) is 1. The molecule has 0 aliphatic carbocycles. The van der Waals surface area contributed by atoms with Crippen molar-refractivity contribution >= 4 is 18.0 Å². The first-order chi connectivity index (χ1) is 14.5. The molecule has 0 spiro atoms. The molecule has 1 unspecified atom stereocenters. The fraction of sp³-hybridized carbons (Fsp3) is 0.238. The molecule has 1 atom stereocenters. The van der Waals surface area contributed by atoms with E-state index in [9.17, 15) is 13.2 Å². The Hall–Kier alpha value is -3.89. The zero-order chi connectivity index (χ0) is 23.6. The maximum atomic E-state index is 12.8. The van der Waals surface area contributed by atoms with Crippen molar-refractivity contribution in [2.45, 2.75) is 26.1 Å². The van der Waals surface area contributed by atoms with Crippen LogP contribution in [-0.4, -0.2) is 30.1 Å². The van der Waals surface area contributed by atoms with Gasteiger partial charge in [-0.2, -0.15) is 23.7 Å². The largest absolute Gasteiger partial charge is 0.428 e. The molecule has 0 aromatic heterocycles. The number of aliphatic hydroxyl groups excluding tert-OH is 1. The topological polar surface area (TPSA) is 137 Å². The zero-order valence-corrected chi connectivity index (χ0v) is 16.7. The number of nitriles is 2. The summed E-state index contributed by atoms with van der Waals surface area (Å²) in [5.41, 5.74) is -0.0264. The first-order valence-corrected chi connectivity index (χ1v) is 8.82. The molecule has 7 nitrogen and oxygen atoms in total. The third-order valence-corrected chi connectivity index (χ3v) is 3.91. The first kappa shape index (κ1) is 25.1.